The molecule has 1 fully saturated rings. The lowest BCUT2D eigenvalue weighted by atomic mass is 9.75. The summed E-state index contributed by atoms with van der Waals surface area (Å²) in [5.74, 6) is 1.98. The Morgan fingerprint density at radius 3 is 0.796 bits per heavy atom. The topological polar surface area (TPSA) is 24.9 Å². The van der Waals surface area contributed by atoms with E-state index >= 15 is 0 Å². The monoisotopic (exact) mass is 766 g/mol. The molecule has 292 valence electrons. The maximum atomic E-state index is 7.65. The number of nitrogens with zero attached hydrogens (tertiary/aromatic N) is 2. The van der Waals surface area contributed by atoms with E-state index in [0.717, 1.165) is 22.9 Å². The van der Waals surface area contributed by atoms with Crippen LogP contribution in [0.5, 0.6) is 11.5 Å². The molecule has 1 saturated heterocycles. The average molecular weight is 767 g/mol. The molecule has 4 nitrogen and oxygen atoms in total. The Morgan fingerprint density at radius 2 is 0.593 bits per heavy atom. The van der Waals surface area contributed by atoms with Gasteiger partial charge in [0.2, 0.25) is 0 Å². The highest BCUT2D eigenvalue weighted by atomic mass is 31.3. The third-order valence-electron chi connectivity index (χ3n) is 10.1. The molecule has 0 unspecified atom stereocenters. The molecule has 0 aromatic heterocycles. The maximum Gasteiger partial charge on any atom is 0.325 e. The van der Waals surface area contributed by atoms with Crippen molar-refractivity contribution in [3.8, 4) is 11.5 Å². The molecule has 0 saturated carbocycles. The van der Waals surface area contributed by atoms with Gasteiger partial charge in [0.25, 0.3) is 0 Å². The minimum Gasteiger partial charge on any atom is -0.435 e. The van der Waals surface area contributed by atoms with Crippen molar-refractivity contribution in [3.05, 3.63) is 118 Å². The third-order valence-corrected chi connectivity index (χ3v) is 14.9. The second kappa shape index (κ2) is 14.5. The summed E-state index contributed by atoms with van der Waals surface area (Å²) in [6, 6.07) is 31.1. The molecular formula is C48H68N2O2P2. The summed E-state index contributed by atoms with van der Waals surface area (Å²) in [5, 5.41) is 0. The summed E-state index contributed by atoms with van der Waals surface area (Å²) in [6.07, 6.45) is 0. The first-order valence-corrected chi connectivity index (χ1v) is 22.0. The molecule has 1 heterocycles. The zero-order valence-electron chi connectivity index (χ0n) is 36.7. The highest BCUT2D eigenvalue weighted by Gasteiger charge is 2.56. The van der Waals surface area contributed by atoms with E-state index in [1.54, 1.807) is 0 Å². The lowest BCUT2D eigenvalue weighted by molar-refractivity contribution is 0.484. The van der Waals surface area contributed by atoms with Crippen molar-refractivity contribution in [3.63, 3.8) is 0 Å². The highest BCUT2D eigenvalue weighted by molar-refractivity contribution is 7.91. The van der Waals surface area contributed by atoms with E-state index in [-0.39, 0.29) is 32.5 Å². The second-order valence-electron chi connectivity index (χ2n) is 21.2. The summed E-state index contributed by atoms with van der Waals surface area (Å²) in [7, 11) is -2.77. The Labute approximate surface area is 331 Å². The van der Waals surface area contributed by atoms with Crippen LogP contribution in [0.25, 0.3) is 0 Å². The van der Waals surface area contributed by atoms with Gasteiger partial charge in [0.05, 0.1) is 11.4 Å². The summed E-state index contributed by atoms with van der Waals surface area (Å²) in [5.41, 5.74) is 9.22. The van der Waals surface area contributed by atoms with E-state index in [9.17, 15) is 0 Å². The summed E-state index contributed by atoms with van der Waals surface area (Å²) < 4.78 is 20.2. The quantitative estimate of drug-likeness (QED) is 0.183. The fraction of sp³-hybridized carbons (Fsp3) is 0.500. The molecule has 1 aliphatic rings. The van der Waals surface area contributed by atoms with Gasteiger partial charge in [0.1, 0.15) is 11.5 Å². The van der Waals surface area contributed by atoms with Crippen molar-refractivity contribution in [2.24, 2.45) is 0 Å². The molecule has 6 heteroatoms. The minimum absolute atomic E-state index is 0.00724. The number of hydrogen-bond donors (Lipinski definition) is 0. The van der Waals surface area contributed by atoms with Gasteiger partial charge in [0.15, 0.2) is 0 Å². The Morgan fingerprint density at radius 1 is 0.352 bits per heavy atom. The van der Waals surface area contributed by atoms with Gasteiger partial charge in [-0.25, -0.2) is 8.88 Å². The Hall–Kier alpha value is -3.06. The standard InChI is InChI=1S/C48H68N2O2P2/c1-43(2,3)33-29-37(45(7,8)9)41(38(30-33)46(10,11)12)51-53-49(35-25-21-19-22-26-35)54(50(53)36-27-23-20-24-28-36)52-42-39(47(13,14)15)31-34(44(4,5)6)32-40(42)48(16,17)18/h19-32H,1-18H3. The zero-order chi connectivity index (χ0) is 40.4. The van der Waals surface area contributed by atoms with Gasteiger partial charge in [0, 0.05) is 22.3 Å². The lowest BCUT2D eigenvalue weighted by Crippen LogP contribution is -2.42. The molecular weight excluding hydrogens is 698 g/mol. The molecule has 0 atom stereocenters. The number of hydrogen-bond acceptors (Lipinski definition) is 4. The van der Waals surface area contributed by atoms with Gasteiger partial charge >= 0.3 is 16.9 Å². The smallest absolute Gasteiger partial charge is 0.325 e. The average Bonchev–Trinajstić information content (AvgIpc) is 3.02. The molecule has 1 aliphatic heterocycles. The fourth-order valence-electron chi connectivity index (χ4n) is 6.64. The van der Waals surface area contributed by atoms with Gasteiger partial charge in [-0.15, -0.1) is 0 Å². The van der Waals surface area contributed by atoms with Gasteiger partial charge in [-0.3, -0.25) is 0 Å². The van der Waals surface area contributed by atoms with Crippen LogP contribution >= 0.6 is 16.9 Å². The summed E-state index contributed by atoms with van der Waals surface area (Å²) in [4.78, 5) is 0. The first-order valence-electron chi connectivity index (χ1n) is 19.7. The van der Waals surface area contributed by atoms with Crippen molar-refractivity contribution in [1.29, 1.82) is 0 Å². The third kappa shape index (κ3) is 8.82. The molecule has 0 N–H and O–H groups in total. The second-order valence-corrected chi connectivity index (χ2v) is 24.8. The normalized spacial score (nSPS) is 17.4. The van der Waals surface area contributed by atoms with Crippen LogP contribution in [0.15, 0.2) is 84.9 Å². The molecule has 0 spiro atoms. The van der Waals surface area contributed by atoms with Crippen molar-refractivity contribution < 1.29 is 9.05 Å². The van der Waals surface area contributed by atoms with E-state index < -0.39 is 16.9 Å². The number of rotatable bonds is 6. The maximum absolute atomic E-state index is 7.65. The molecule has 0 amide bonds. The van der Waals surface area contributed by atoms with Crippen molar-refractivity contribution >= 4 is 28.3 Å². The van der Waals surface area contributed by atoms with Crippen LogP contribution in [0, 0.1) is 0 Å². The zero-order valence-corrected chi connectivity index (χ0v) is 38.5. The summed E-state index contributed by atoms with van der Waals surface area (Å²) >= 11 is 0. The molecule has 4 aromatic rings. The number of anilines is 2. The van der Waals surface area contributed by atoms with Crippen LogP contribution in [-0.2, 0) is 32.5 Å². The SMILES string of the molecule is CC(C)(C)c1cc(C(C)(C)C)c(OP2N(c3ccccc3)P(Oc3c(C(C)(C)C)cc(C(C)(C)C)cc3C(C)(C)C)N2c2ccccc2)c(C(C)(C)C)c1. The Balaban J connectivity index is 1.79. The first kappa shape index (κ1) is 42.1. The highest BCUT2D eigenvalue weighted by Crippen LogP contribution is 2.79. The first-order chi connectivity index (χ1) is 24.6. The molecule has 5 rings (SSSR count). The van der Waals surface area contributed by atoms with Crippen LogP contribution < -0.4 is 17.9 Å². The Bertz CT molecular complexity index is 1710. The van der Waals surface area contributed by atoms with Crippen LogP contribution in [-0.4, -0.2) is 0 Å². The van der Waals surface area contributed by atoms with Gasteiger partial charge in [-0.05, 0) is 67.9 Å². The van der Waals surface area contributed by atoms with Gasteiger partial charge in [-0.2, -0.15) is 0 Å². The van der Waals surface area contributed by atoms with Crippen LogP contribution in [0.1, 0.15) is 158 Å². The van der Waals surface area contributed by atoms with Gasteiger partial charge in [-0.1, -0.05) is 185 Å². The van der Waals surface area contributed by atoms with E-state index in [0.29, 0.717) is 0 Å². The number of para-hydroxylation sites is 2. The van der Waals surface area contributed by atoms with Crippen molar-refractivity contribution in [1.82, 2.24) is 0 Å². The number of benzene rings is 4. The van der Waals surface area contributed by atoms with Gasteiger partial charge < -0.3 is 9.05 Å². The Kier molecular flexibility index (Phi) is 11.3. The molecule has 4 aromatic carbocycles. The largest absolute Gasteiger partial charge is 0.435 e. The lowest BCUT2D eigenvalue weighted by Gasteiger charge is -2.54. The molecule has 0 aliphatic carbocycles. The van der Waals surface area contributed by atoms with Crippen LogP contribution in [0.3, 0.4) is 0 Å². The minimum atomic E-state index is -1.38. The fourth-order valence-corrected chi connectivity index (χ4v) is 11.2. The van der Waals surface area contributed by atoms with E-state index in [2.05, 4.69) is 218 Å². The van der Waals surface area contributed by atoms with E-state index in [1.807, 2.05) is 0 Å². The predicted molar refractivity (Wildman–Crippen MR) is 238 cm³/mol. The van der Waals surface area contributed by atoms with Crippen molar-refractivity contribution in [2.45, 2.75) is 157 Å². The van der Waals surface area contributed by atoms with E-state index in [4.69, 9.17) is 9.05 Å². The van der Waals surface area contributed by atoms with Crippen LogP contribution in [0.4, 0.5) is 11.4 Å². The molecule has 0 bridgehead atoms. The summed E-state index contributed by atoms with van der Waals surface area (Å²) in [6.45, 7) is 41.6. The molecule has 54 heavy (non-hydrogen) atoms. The predicted octanol–water partition coefficient (Wildman–Crippen LogP) is 15.4. The van der Waals surface area contributed by atoms with Crippen molar-refractivity contribution in [2.75, 3.05) is 8.88 Å². The molecule has 0 radical (unpaired) electrons. The van der Waals surface area contributed by atoms with E-state index in [1.165, 1.54) is 33.4 Å². The van der Waals surface area contributed by atoms with Crippen LogP contribution in [0.2, 0.25) is 0 Å².